The molecule has 0 radical (unpaired) electrons. The molecule has 0 saturated carbocycles. The molecule has 1 amide bonds. The molecule has 4 rings (SSSR count). The Bertz CT molecular complexity index is 962. The Hall–Kier alpha value is -2.25. The van der Waals surface area contributed by atoms with Gasteiger partial charge in [0.25, 0.3) is 5.91 Å². The Morgan fingerprint density at radius 3 is 2.73 bits per heavy atom. The first-order valence-corrected chi connectivity index (χ1v) is 9.56. The molecule has 0 atom stereocenters. The minimum atomic E-state index is -0.0182. The number of likely N-dealkylation sites (N-methyl/N-ethyl adjacent to an activating group) is 1. The SMILES string of the molecule is CCN1C(=O)/C(=C\c2cc(C)n(-c3ccc4c(c3)OCO4)c2C)SC1=S. The van der Waals surface area contributed by atoms with Crippen molar-refractivity contribution in [1.82, 2.24) is 9.47 Å². The van der Waals surface area contributed by atoms with Crippen LogP contribution in [0.4, 0.5) is 0 Å². The van der Waals surface area contributed by atoms with E-state index in [0.717, 1.165) is 34.1 Å². The zero-order valence-corrected chi connectivity index (χ0v) is 16.4. The second-order valence-corrected chi connectivity index (χ2v) is 7.80. The minimum Gasteiger partial charge on any atom is -0.454 e. The Morgan fingerprint density at radius 1 is 1.23 bits per heavy atom. The average molecular weight is 386 g/mol. The predicted octanol–water partition coefficient (Wildman–Crippen LogP) is 4.04. The van der Waals surface area contributed by atoms with E-state index in [1.165, 1.54) is 11.8 Å². The summed E-state index contributed by atoms with van der Waals surface area (Å²) in [5, 5.41) is 0. The van der Waals surface area contributed by atoms with Gasteiger partial charge in [-0.2, -0.15) is 0 Å². The summed E-state index contributed by atoms with van der Waals surface area (Å²) in [6.45, 7) is 6.88. The second kappa shape index (κ2) is 6.48. The van der Waals surface area contributed by atoms with E-state index >= 15 is 0 Å². The van der Waals surface area contributed by atoms with Crippen molar-refractivity contribution in [2.45, 2.75) is 20.8 Å². The molecule has 0 unspecified atom stereocenters. The van der Waals surface area contributed by atoms with Crippen LogP contribution < -0.4 is 9.47 Å². The standard InChI is InChI=1S/C19H18N2O3S2/c1-4-20-18(22)17(26-19(20)25)8-13-7-11(2)21(12(13)3)14-5-6-15-16(9-14)24-10-23-15/h5-9H,4,10H2,1-3H3/b17-8+. The van der Waals surface area contributed by atoms with Crippen LogP contribution in [0.25, 0.3) is 11.8 Å². The summed E-state index contributed by atoms with van der Waals surface area (Å²) in [7, 11) is 0. The van der Waals surface area contributed by atoms with E-state index in [1.54, 1.807) is 4.90 Å². The first-order chi connectivity index (χ1) is 12.5. The third-order valence-corrected chi connectivity index (χ3v) is 5.94. The average Bonchev–Trinajstić information content (AvgIpc) is 3.25. The van der Waals surface area contributed by atoms with Crippen molar-refractivity contribution in [2.24, 2.45) is 0 Å². The summed E-state index contributed by atoms with van der Waals surface area (Å²) in [6.07, 6.45) is 1.93. The summed E-state index contributed by atoms with van der Waals surface area (Å²) in [4.78, 5) is 14.8. The first kappa shape index (κ1) is 17.2. The van der Waals surface area contributed by atoms with Gasteiger partial charge in [-0.05, 0) is 50.6 Å². The van der Waals surface area contributed by atoms with Crippen LogP contribution in [0.1, 0.15) is 23.9 Å². The normalized spacial score (nSPS) is 17.7. The molecule has 2 aliphatic rings. The maximum Gasteiger partial charge on any atom is 0.266 e. The zero-order chi connectivity index (χ0) is 18.4. The van der Waals surface area contributed by atoms with Crippen molar-refractivity contribution in [2.75, 3.05) is 13.3 Å². The number of amides is 1. The molecule has 0 spiro atoms. The fourth-order valence-corrected chi connectivity index (χ4v) is 4.64. The Morgan fingerprint density at radius 2 is 2.00 bits per heavy atom. The van der Waals surface area contributed by atoms with Gasteiger partial charge in [-0.25, -0.2) is 0 Å². The number of benzene rings is 1. The molecule has 26 heavy (non-hydrogen) atoms. The highest BCUT2D eigenvalue weighted by atomic mass is 32.2. The van der Waals surface area contributed by atoms with Gasteiger partial charge >= 0.3 is 0 Å². The van der Waals surface area contributed by atoms with Crippen LogP contribution in [0, 0.1) is 13.8 Å². The number of rotatable bonds is 3. The van der Waals surface area contributed by atoms with Crippen LogP contribution in [0.2, 0.25) is 0 Å². The molecular formula is C19H18N2O3S2. The van der Waals surface area contributed by atoms with Crippen LogP contribution >= 0.6 is 24.0 Å². The molecule has 3 heterocycles. The number of hydrogen-bond acceptors (Lipinski definition) is 5. The van der Waals surface area contributed by atoms with E-state index in [4.69, 9.17) is 21.7 Å². The van der Waals surface area contributed by atoms with E-state index in [2.05, 4.69) is 10.6 Å². The highest BCUT2D eigenvalue weighted by molar-refractivity contribution is 8.26. The number of aryl methyl sites for hydroxylation is 1. The molecule has 1 aromatic heterocycles. The lowest BCUT2D eigenvalue weighted by Gasteiger charge is -2.10. The fourth-order valence-electron chi connectivity index (χ4n) is 3.27. The molecule has 134 valence electrons. The van der Waals surface area contributed by atoms with Gasteiger partial charge in [0.2, 0.25) is 6.79 Å². The molecule has 1 aromatic carbocycles. The zero-order valence-electron chi connectivity index (χ0n) is 14.7. The van der Waals surface area contributed by atoms with Crippen LogP contribution in [0.15, 0.2) is 29.2 Å². The summed E-state index contributed by atoms with van der Waals surface area (Å²) < 4.78 is 13.6. The highest BCUT2D eigenvalue weighted by Crippen LogP contribution is 2.36. The third-order valence-electron chi connectivity index (χ3n) is 4.56. The number of aromatic nitrogens is 1. The highest BCUT2D eigenvalue weighted by Gasteiger charge is 2.31. The van der Waals surface area contributed by atoms with Gasteiger partial charge in [-0.1, -0.05) is 24.0 Å². The molecule has 1 saturated heterocycles. The molecule has 0 N–H and O–H groups in total. The van der Waals surface area contributed by atoms with Crippen LogP contribution in [0.5, 0.6) is 11.5 Å². The smallest absolute Gasteiger partial charge is 0.266 e. The van der Waals surface area contributed by atoms with Crippen molar-refractivity contribution < 1.29 is 14.3 Å². The second-order valence-electron chi connectivity index (χ2n) is 6.13. The number of hydrogen-bond donors (Lipinski definition) is 0. The molecular weight excluding hydrogens is 368 g/mol. The fraction of sp³-hybridized carbons (Fsp3) is 0.263. The van der Waals surface area contributed by atoms with Crippen molar-refractivity contribution in [3.05, 3.63) is 46.1 Å². The lowest BCUT2D eigenvalue weighted by Crippen LogP contribution is -2.27. The van der Waals surface area contributed by atoms with Gasteiger partial charge in [-0.3, -0.25) is 9.69 Å². The molecule has 2 aromatic rings. The number of thiocarbonyl (C=S) groups is 1. The predicted molar refractivity (Wildman–Crippen MR) is 107 cm³/mol. The van der Waals surface area contributed by atoms with Crippen LogP contribution in [0.3, 0.4) is 0 Å². The largest absolute Gasteiger partial charge is 0.454 e. The maximum absolute atomic E-state index is 12.5. The molecule has 0 aliphatic carbocycles. The van der Waals surface area contributed by atoms with Gasteiger partial charge in [0.15, 0.2) is 11.5 Å². The Labute approximate surface area is 161 Å². The molecule has 0 bridgehead atoms. The van der Waals surface area contributed by atoms with E-state index < -0.39 is 0 Å². The number of carbonyl (C=O) groups excluding carboxylic acids is 1. The Kier molecular flexibility index (Phi) is 4.28. The van der Waals surface area contributed by atoms with Crippen LogP contribution in [-0.2, 0) is 4.79 Å². The molecule has 7 heteroatoms. The summed E-state index contributed by atoms with van der Waals surface area (Å²) in [5.41, 5.74) is 4.16. The van der Waals surface area contributed by atoms with E-state index in [9.17, 15) is 4.79 Å². The Balaban J connectivity index is 1.73. The number of ether oxygens (including phenoxy) is 2. The van der Waals surface area contributed by atoms with E-state index in [0.29, 0.717) is 15.8 Å². The molecule has 2 aliphatic heterocycles. The summed E-state index contributed by atoms with van der Waals surface area (Å²) in [5.74, 6) is 1.50. The summed E-state index contributed by atoms with van der Waals surface area (Å²) >= 11 is 6.65. The van der Waals surface area contributed by atoms with Crippen molar-refractivity contribution >= 4 is 40.3 Å². The van der Waals surface area contributed by atoms with E-state index in [-0.39, 0.29) is 12.7 Å². The third kappa shape index (κ3) is 2.71. The monoisotopic (exact) mass is 386 g/mol. The lowest BCUT2D eigenvalue weighted by atomic mass is 10.2. The van der Waals surface area contributed by atoms with Crippen molar-refractivity contribution in [3.8, 4) is 17.2 Å². The topological polar surface area (TPSA) is 43.7 Å². The first-order valence-electron chi connectivity index (χ1n) is 8.34. The van der Waals surface area contributed by atoms with Crippen molar-refractivity contribution in [3.63, 3.8) is 0 Å². The molecule has 1 fully saturated rings. The number of thioether (sulfide) groups is 1. The van der Waals surface area contributed by atoms with Crippen molar-refractivity contribution in [1.29, 1.82) is 0 Å². The van der Waals surface area contributed by atoms with Gasteiger partial charge in [0.05, 0.1) is 4.91 Å². The number of nitrogens with zero attached hydrogens (tertiary/aromatic N) is 2. The van der Waals surface area contributed by atoms with Gasteiger partial charge in [0.1, 0.15) is 4.32 Å². The lowest BCUT2D eigenvalue weighted by molar-refractivity contribution is -0.121. The molecule has 5 nitrogen and oxygen atoms in total. The maximum atomic E-state index is 12.5. The van der Waals surface area contributed by atoms with E-state index in [1.807, 2.05) is 45.0 Å². The van der Waals surface area contributed by atoms with Gasteiger partial charge in [-0.15, -0.1) is 0 Å². The quantitative estimate of drug-likeness (QED) is 0.588. The van der Waals surface area contributed by atoms with Crippen LogP contribution in [-0.4, -0.2) is 33.0 Å². The van der Waals surface area contributed by atoms with Gasteiger partial charge in [0, 0.05) is 29.7 Å². The minimum absolute atomic E-state index is 0.0182. The number of fused-ring (bicyclic) bond motifs is 1. The number of carbonyl (C=O) groups is 1. The summed E-state index contributed by atoms with van der Waals surface area (Å²) in [6, 6.07) is 7.98. The van der Waals surface area contributed by atoms with Gasteiger partial charge < -0.3 is 14.0 Å².